The molecule has 1 aromatic heterocycles. The van der Waals surface area contributed by atoms with E-state index in [-0.39, 0.29) is 24.0 Å². The van der Waals surface area contributed by atoms with E-state index in [1.807, 2.05) is 17.5 Å². The highest BCUT2D eigenvalue weighted by Gasteiger charge is 2.02. The van der Waals surface area contributed by atoms with Gasteiger partial charge in [0.2, 0.25) is 0 Å². The molecule has 0 radical (unpaired) electrons. The van der Waals surface area contributed by atoms with Gasteiger partial charge in [-0.2, -0.15) is 0 Å². The highest BCUT2D eigenvalue weighted by molar-refractivity contribution is 14.0. The molecule has 0 fully saturated rings. The molecule has 0 unspecified atom stereocenters. The fraction of sp³-hybridized carbons (Fsp3) is 0.778. The highest BCUT2D eigenvalue weighted by atomic mass is 127. The van der Waals surface area contributed by atoms with Crippen LogP contribution in [0.1, 0.15) is 50.4 Å². The molecule has 0 saturated heterocycles. The molecule has 0 bridgehead atoms. The van der Waals surface area contributed by atoms with Crippen LogP contribution >= 0.6 is 35.3 Å². The van der Waals surface area contributed by atoms with Crippen LogP contribution in [0.3, 0.4) is 0 Å². The molecule has 0 atom stereocenters. The van der Waals surface area contributed by atoms with Gasteiger partial charge in [0.25, 0.3) is 0 Å². The summed E-state index contributed by atoms with van der Waals surface area (Å²) in [5.41, 5.74) is 0. The molecule has 5 nitrogen and oxygen atoms in total. The number of hydrogen-bond acceptors (Lipinski definition) is 4. The van der Waals surface area contributed by atoms with Crippen molar-refractivity contribution in [3.05, 3.63) is 16.1 Å². The minimum absolute atomic E-state index is 0. The van der Waals surface area contributed by atoms with E-state index in [2.05, 4.69) is 53.2 Å². The van der Waals surface area contributed by atoms with E-state index in [4.69, 9.17) is 0 Å². The number of unbranched alkanes of at least 4 members (excludes halogenated alkanes) is 1. The number of aliphatic imine (C=N–C) groups is 1. The van der Waals surface area contributed by atoms with Crippen LogP contribution in [0.5, 0.6) is 0 Å². The second-order valence-electron chi connectivity index (χ2n) is 5.75. The molecule has 0 saturated carbocycles. The molecular weight excluding hydrogens is 445 g/mol. The lowest BCUT2D eigenvalue weighted by Crippen LogP contribution is -2.38. The monoisotopic (exact) mass is 481 g/mol. The number of guanidine groups is 1. The third-order valence-electron chi connectivity index (χ3n) is 3.97. The average Bonchev–Trinajstić information content (AvgIpc) is 3.06. The molecule has 7 heteroatoms. The number of halogens is 1. The van der Waals surface area contributed by atoms with E-state index in [0.717, 1.165) is 57.9 Å². The zero-order valence-corrected chi connectivity index (χ0v) is 19.5. The quantitative estimate of drug-likeness (QED) is 0.208. The first kappa shape index (κ1) is 24.6. The highest BCUT2D eigenvalue weighted by Crippen LogP contribution is 2.13. The summed E-state index contributed by atoms with van der Waals surface area (Å²) >= 11 is 1.81. The van der Waals surface area contributed by atoms with Gasteiger partial charge in [-0.25, -0.2) is 4.98 Å². The summed E-state index contributed by atoms with van der Waals surface area (Å²) in [4.78, 5) is 13.0. The van der Waals surface area contributed by atoms with Crippen LogP contribution in [-0.4, -0.2) is 55.1 Å². The molecular formula is C18H36IN5S. The molecule has 146 valence electrons. The lowest BCUT2D eigenvalue weighted by molar-refractivity contribution is 0.297. The number of thiazole rings is 1. The third kappa shape index (κ3) is 11.0. The second kappa shape index (κ2) is 15.8. The number of hydrogen-bond donors (Lipinski definition) is 2. The van der Waals surface area contributed by atoms with E-state index in [0.29, 0.717) is 0 Å². The fourth-order valence-corrected chi connectivity index (χ4v) is 3.30. The summed E-state index contributed by atoms with van der Waals surface area (Å²) < 4.78 is 0. The lowest BCUT2D eigenvalue weighted by atomic mass is 10.3. The maximum Gasteiger partial charge on any atom is 0.191 e. The largest absolute Gasteiger partial charge is 0.357 e. The van der Waals surface area contributed by atoms with Crippen LogP contribution in [0.4, 0.5) is 0 Å². The minimum Gasteiger partial charge on any atom is -0.357 e. The Labute approximate surface area is 175 Å². The van der Waals surface area contributed by atoms with Crippen molar-refractivity contribution in [1.82, 2.24) is 20.5 Å². The molecule has 0 aliphatic heterocycles. The van der Waals surface area contributed by atoms with Crippen molar-refractivity contribution in [2.75, 3.05) is 39.3 Å². The molecule has 1 aromatic rings. The maximum atomic E-state index is 4.67. The summed E-state index contributed by atoms with van der Waals surface area (Å²) in [6.07, 6.45) is 6.37. The zero-order valence-electron chi connectivity index (χ0n) is 16.3. The van der Waals surface area contributed by atoms with Gasteiger partial charge in [0.1, 0.15) is 0 Å². The van der Waals surface area contributed by atoms with Crippen LogP contribution in [0.15, 0.2) is 11.2 Å². The van der Waals surface area contributed by atoms with Gasteiger partial charge in [0.05, 0.1) is 5.01 Å². The Kier molecular flexibility index (Phi) is 15.6. The van der Waals surface area contributed by atoms with Crippen molar-refractivity contribution < 1.29 is 0 Å². The van der Waals surface area contributed by atoms with Gasteiger partial charge < -0.3 is 15.5 Å². The molecule has 2 N–H and O–H groups in total. The van der Waals surface area contributed by atoms with Gasteiger partial charge >= 0.3 is 0 Å². The third-order valence-corrected chi connectivity index (χ3v) is 5.17. The van der Waals surface area contributed by atoms with Gasteiger partial charge in [-0.3, -0.25) is 4.99 Å². The number of nitrogens with one attached hydrogen (secondary N) is 2. The SMILES string of the molecule is CCNC(=NCCCCN(CC)CC)NCCc1ncc(CC)s1.I. The Hall–Kier alpha value is -0.410. The van der Waals surface area contributed by atoms with Gasteiger partial charge in [-0.1, -0.05) is 20.8 Å². The Morgan fingerprint density at radius 1 is 1.16 bits per heavy atom. The number of nitrogens with zero attached hydrogens (tertiary/aromatic N) is 3. The topological polar surface area (TPSA) is 52.6 Å². The Morgan fingerprint density at radius 2 is 1.92 bits per heavy atom. The Bertz CT molecular complexity index is 460. The zero-order chi connectivity index (χ0) is 17.6. The van der Waals surface area contributed by atoms with Crippen molar-refractivity contribution in [1.29, 1.82) is 0 Å². The van der Waals surface area contributed by atoms with Crippen LogP contribution in [0, 0.1) is 0 Å². The summed E-state index contributed by atoms with van der Waals surface area (Å²) in [6, 6.07) is 0. The fourth-order valence-electron chi connectivity index (χ4n) is 2.43. The van der Waals surface area contributed by atoms with Crippen LogP contribution in [0.25, 0.3) is 0 Å². The summed E-state index contributed by atoms with van der Waals surface area (Å²) in [7, 11) is 0. The first-order valence-electron chi connectivity index (χ1n) is 9.41. The number of rotatable bonds is 12. The van der Waals surface area contributed by atoms with E-state index in [9.17, 15) is 0 Å². The smallest absolute Gasteiger partial charge is 0.191 e. The first-order chi connectivity index (χ1) is 11.7. The van der Waals surface area contributed by atoms with Crippen molar-refractivity contribution in [3.63, 3.8) is 0 Å². The second-order valence-corrected chi connectivity index (χ2v) is 6.95. The molecule has 25 heavy (non-hydrogen) atoms. The summed E-state index contributed by atoms with van der Waals surface area (Å²) in [5, 5.41) is 7.94. The molecule has 1 rings (SSSR count). The summed E-state index contributed by atoms with van der Waals surface area (Å²) in [5.74, 6) is 0.924. The predicted octanol–water partition coefficient (Wildman–Crippen LogP) is 3.54. The van der Waals surface area contributed by atoms with E-state index >= 15 is 0 Å². The standard InChI is InChI=1S/C18H35N5S.HI/c1-5-16-15-22-17(24-16)11-13-21-18(19-6-2)20-12-9-10-14-23(7-3)8-4;/h15H,5-14H2,1-4H3,(H2,19,20,21);1H. The average molecular weight is 481 g/mol. The normalized spacial score (nSPS) is 11.5. The first-order valence-corrected chi connectivity index (χ1v) is 10.2. The van der Waals surface area contributed by atoms with Crippen molar-refractivity contribution in [3.8, 4) is 0 Å². The molecule has 0 aliphatic carbocycles. The molecule has 1 heterocycles. The van der Waals surface area contributed by atoms with E-state index in [1.165, 1.54) is 22.9 Å². The number of aromatic nitrogens is 1. The van der Waals surface area contributed by atoms with Crippen molar-refractivity contribution in [2.45, 2.75) is 53.4 Å². The summed E-state index contributed by atoms with van der Waals surface area (Å²) in [6.45, 7) is 14.8. The van der Waals surface area contributed by atoms with Crippen molar-refractivity contribution >= 4 is 41.3 Å². The van der Waals surface area contributed by atoms with Crippen molar-refractivity contribution in [2.24, 2.45) is 4.99 Å². The van der Waals surface area contributed by atoms with E-state index < -0.39 is 0 Å². The predicted molar refractivity (Wildman–Crippen MR) is 122 cm³/mol. The lowest BCUT2D eigenvalue weighted by Gasteiger charge is -2.17. The Balaban J connectivity index is 0.00000576. The van der Waals surface area contributed by atoms with Crippen LogP contribution in [-0.2, 0) is 12.8 Å². The molecule has 0 aromatic carbocycles. The van der Waals surface area contributed by atoms with Gasteiger partial charge in [0.15, 0.2) is 5.96 Å². The van der Waals surface area contributed by atoms with Gasteiger partial charge in [0, 0.05) is 37.1 Å². The molecule has 0 spiro atoms. The van der Waals surface area contributed by atoms with Gasteiger partial charge in [-0.15, -0.1) is 35.3 Å². The van der Waals surface area contributed by atoms with E-state index in [1.54, 1.807) is 0 Å². The molecule has 0 amide bonds. The van der Waals surface area contributed by atoms with Crippen LogP contribution < -0.4 is 10.6 Å². The Morgan fingerprint density at radius 3 is 2.52 bits per heavy atom. The van der Waals surface area contributed by atoms with Gasteiger partial charge in [-0.05, 0) is 45.8 Å². The minimum atomic E-state index is 0. The van der Waals surface area contributed by atoms with Crippen LogP contribution in [0.2, 0.25) is 0 Å². The molecule has 0 aliphatic rings. The number of aryl methyl sites for hydroxylation is 1. The maximum absolute atomic E-state index is 4.67.